The maximum atomic E-state index is 5.57. The van der Waals surface area contributed by atoms with Crippen molar-refractivity contribution in [2.75, 3.05) is 5.43 Å². The highest BCUT2D eigenvalue weighted by atomic mass is 32.1. The molecule has 0 saturated heterocycles. The van der Waals surface area contributed by atoms with Gasteiger partial charge in [-0.1, -0.05) is 19.4 Å². The largest absolute Gasteiger partial charge is 0.308 e. The summed E-state index contributed by atoms with van der Waals surface area (Å²) in [7, 11) is 0. The zero-order valence-electron chi connectivity index (χ0n) is 10.6. The number of nitrogens with zero attached hydrogens (tertiary/aromatic N) is 3. The average molecular weight is 273 g/mol. The summed E-state index contributed by atoms with van der Waals surface area (Å²) >= 11 is 1.66. The van der Waals surface area contributed by atoms with E-state index in [4.69, 9.17) is 5.84 Å². The average Bonchev–Trinajstić information content (AvgIpc) is 3.06. The van der Waals surface area contributed by atoms with Crippen LogP contribution in [0.1, 0.15) is 19.0 Å². The minimum Gasteiger partial charge on any atom is -0.308 e. The minimum atomic E-state index is 0.760. The Kier molecular flexibility index (Phi) is 3.18. The first kappa shape index (κ1) is 12.1. The highest BCUT2D eigenvalue weighted by Crippen LogP contribution is 2.25. The molecule has 0 amide bonds. The highest BCUT2D eigenvalue weighted by Gasteiger charge is 2.10. The van der Waals surface area contributed by atoms with E-state index in [0.29, 0.717) is 0 Å². The van der Waals surface area contributed by atoms with E-state index in [1.165, 1.54) is 0 Å². The van der Waals surface area contributed by atoms with E-state index in [9.17, 15) is 0 Å². The molecule has 0 radical (unpaired) electrons. The Bertz CT molecular complexity index is 686. The number of hydrogen-bond donors (Lipinski definition) is 2. The van der Waals surface area contributed by atoms with E-state index in [1.807, 2.05) is 23.6 Å². The second-order valence-corrected chi connectivity index (χ2v) is 5.25. The Morgan fingerprint density at radius 2 is 2.32 bits per heavy atom. The van der Waals surface area contributed by atoms with E-state index in [-0.39, 0.29) is 0 Å². The van der Waals surface area contributed by atoms with Crippen LogP contribution in [0.15, 0.2) is 29.6 Å². The number of hydrazine groups is 1. The van der Waals surface area contributed by atoms with Crippen molar-refractivity contribution in [1.82, 2.24) is 14.6 Å². The predicted molar refractivity (Wildman–Crippen MR) is 78.1 cm³/mol. The van der Waals surface area contributed by atoms with Crippen LogP contribution in [-0.4, -0.2) is 14.6 Å². The second-order valence-electron chi connectivity index (χ2n) is 4.30. The van der Waals surface area contributed by atoms with E-state index in [0.717, 1.165) is 40.6 Å². The van der Waals surface area contributed by atoms with Crippen molar-refractivity contribution in [3.8, 4) is 10.6 Å². The Labute approximate surface area is 115 Å². The molecule has 3 heterocycles. The summed E-state index contributed by atoms with van der Waals surface area (Å²) in [4.78, 5) is 5.74. The van der Waals surface area contributed by atoms with Crippen LogP contribution < -0.4 is 11.3 Å². The topological polar surface area (TPSA) is 68.2 Å². The van der Waals surface area contributed by atoms with E-state index < -0.39 is 0 Å². The fourth-order valence-corrected chi connectivity index (χ4v) is 2.74. The van der Waals surface area contributed by atoms with Gasteiger partial charge in [0.05, 0.1) is 4.88 Å². The van der Waals surface area contributed by atoms with Crippen molar-refractivity contribution in [3.63, 3.8) is 0 Å². The number of fused-ring (bicyclic) bond motifs is 1. The van der Waals surface area contributed by atoms with Crippen LogP contribution in [0.4, 0.5) is 5.82 Å². The molecule has 3 aromatic rings. The van der Waals surface area contributed by atoms with Gasteiger partial charge < -0.3 is 5.43 Å². The van der Waals surface area contributed by atoms with Crippen molar-refractivity contribution in [3.05, 3.63) is 35.3 Å². The van der Waals surface area contributed by atoms with Gasteiger partial charge in [0.15, 0.2) is 5.65 Å². The van der Waals surface area contributed by atoms with Gasteiger partial charge in [0.2, 0.25) is 0 Å². The van der Waals surface area contributed by atoms with Gasteiger partial charge >= 0.3 is 0 Å². The van der Waals surface area contributed by atoms with Crippen LogP contribution in [0.2, 0.25) is 0 Å². The van der Waals surface area contributed by atoms with Crippen molar-refractivity contribution < 1.29 is 0 Å². The molecule has 0 atom stereocenters. The normalized spacial score (nSPS) is 11.1. The Hall–Kier alpha value is -1.92. The van der Waals surface area contributed by atoms with Crippen molar-refractivity contribution >= 4 is 22.8 Å². The first-order chi connectivity index (χ1) is 9.31. The van der Waals surface area contributed by atoms with Gasteiger partial charge in [0.25, 0.3) is 0 Å². The Morgan fingerprint density at radius 1 is 1.42 bits per heavy atom. The molecule has 0 bridgehead atoms. The predicted octanol–water partition coefficient (Wildman–Crippen LogP) is 2.70. The van der Waals surface area contributed by atoms with E-state index in [2.05, 4.69) is 28.5 Å². The lowest BCUT2D eigenvalue weighted by molar-refractivity contribution is 0.859. The summed E-state index contributed by atoms with van der Waals surface area (Å²) in [5.74, 6) is 6.33. The van der Waals surface area contributed by atoms with Crippen LogP contribution in [0.25, 0.3) is 16.2 Å². The molecule has 0 fully saturated rings. The molecule has 19 heavy (non-hydrogen) atoms. The summed E-state index contributed by atoms with van der Waals surface area (Å²) in [6.07, 6.45) is 1.99. The number of nitrogens with one attached hydrogen (secondary N) is 1. The Morgan fingerprint density at radius 3 is 3.00 bits per heavy atom. The van der Waals surface area contributed by atoms with Crippen molar-refractivity contribution in [2.45, 2.75) is 19.8 Å². The van der Waals surface area contributed by atoms with E-state index in [1.54, 1.807) is 15.9 Å². The third-order valence-corrected chi connectivity index (χ3v) is 3.80. The molecule has 0 aliphatic rings. The van der Waals surface area contributed by atoms with Crippen LogP contribution in [-0.2, 0) is 6.42 Å². The lowest BCUT2D eigenvalue weighted by Gasteiger charge is -2.05. The molecule has 6 heteroatoms. The first-order valence-electron chi connectivity index (χ1n) is 6.22. The van der Waals surface area contributed by atoms with Crippen molar-refractivity contribution in [2.24, 2.45) is 5.84 Å². The molecule has 5 nitrogen and oxygen atoms in total. The molecule has 98 valence electrons. The summed E-state index contributed by atoms with van der Waals surface area (Å²) in [5.41, 5.74) is 5.46. The van der Waals surface area contributed by atoms with Gasteiger partial charge in [0.1, 0.15) is 11.5 Å². The zero-order chi connectivity index (χ0) is 13.2. The van der Waals surface area contributed by atoms with Gasteiger partial charge in [-0.15, -0.1) is 11.3 Å². The molecule has 0 saturated carbocycles. The third kappa shape index (κ3) is 2.20. The second kappa shape index (κ2) is 4.99. The molecule has 0 unspecified atom stereocenters. The summed E-state index contributed by atoms with van der Waals surface area (Å²) in [6, 6.07) is 8.00. The molecule has 0 aromatic carbocycles. The summed E-state index contributed by atoms with van der Waals surface area (Å²) in [6.45, 7) is 2.13. The number of thiophene rings is 1. The molecular formula is C13H15N5S. The molecule has 3 aromatic heterocycles. The molecular weight excluding hydrogens is 258 g/mol. The molecule has 0 aliphatic carbocycles. The zero-order valence-corrected chi connectivity index (χ0v) is 11.4. The lowest BCUT2D eigenvalue weighted by atomic mass is 10.2. The summed E-state index contributed by atoms with van der Waals surface area (Å²) < 4.78 is 1.74. The number of nitrogen functional groups attached to an aromatic ring is 1. The number of rotatable bonds is 4. The van der Waals surface area contributed by atoms with E-state index >= 15 is 0 Å². The molecule has 3 rings (SSSR count). The van der Waals surface area contributed by atoms with Gasteiger partial charge in [-0.2, -0.15) is 9.61 Å². The smallest absolute Gasteiger partial charge is 0.158 e. The van der Waals surface area contributed by atoms with Gasteiger partial charge in [0, 0.05) is 17.8 Å². The molecule has 0 aliphatic heterocycles. The van der Waals surface area contributed by atoms with Gasteiger partial charge in [-0.25, -0.2) is 10.8 Å². The lowest BCUT2D eigenvalue weighted by Crippen LogP contribution is -2.12. The number of aryl methyl sites for hydroxylation is 1. The monoisotopic (exact) mass is 273 g/mol. The van der Waals surface area contributed by atoms with Crippen molar-refractivity contribution in [1.29, 1.82) is 0 Å². The standard InChI is InChI=1S/C13H15N5S/c1-2-4-9-7-13(16-14)18-12(15-9)8-10(17-18)11-5-3-6-19-11/h3,5-8,16H,2,4,14H2,1H3. The number of hydrogen-bond acceptors (Lipinski definition) is 5. The summed E-state index contributed by atoms with van der Waals surface area (Å²) in [5, 5.41) is 6.59. The van der Waals surface area contributed by atoms with Crippen LogP contribution in [0, 0.1) is 0 Å². The fourth-order valence-electron chi connectivity index (χ4n) is 2.06. The number of anilines is 1. The van der Waals surface area contributed by atoms with Crippen LogP contribution >= 0.6 is 11.3 Å². The fraction of sp³-hybridized carbons (Fsp3) is 0.231. The Balaban J connectivity index is 2.15. The van der Waals surface area contributed by atoms with Crippen LogP contribution in [0.3, 0.4) is 0 Å². The minimum absolute atomic E-state index is 0.760. The maximum absolute atomic E-state index is 5.57. The SMILES string of the molecule is CCCc1cc(NN)n2nc(-c3cccs3)cc2n1. The highest BCUT2D eigenvalue weighted by molar-refractivity contribution is 7.13. The van der Waals surface area contributed by atoms with Gasteiger partial charge in [-0.3, -0.25) is 0 Å². The molecule has 0 spiro atoms. The molecule has 3 N–H and O–H groups in total. The van der Waals surface area contributed by atoms with Gasteiger partial charge in [-0.05, 0) is 17.9 Å². The first-order valence-corrected chi connectivity index (χ1v) is 7.10. The van der Waals surface area contributed by atoms with Crippen LogP contribution in [0.5, 0.6) is 0 Å². The quantitative estimate of drug-likeness (QED) is 0.566. The third-order valence-electron chi connectivity index (χ3n) is 2.91. The maximum Gasteiger partial charge on any atom is 0.158 e. The number of nitrogens with two attached hydrogens (primary N) is 1. The number of aromatic nitrogens is 3.